The summed E-state index contributed by atoms with van der Waals surface area (Å²) in [6.45, 7) is 1.75. The van der Waals surface area contributed by atoms with Gasteiger partial charge in [0.15, 0.2) is 0 Å². The minimum atomic E-state index is -0.911. The minimum absolute atomic E-state index is 0.250. The first kappa shape index (κ1) is 18.9. The molecule has 0 fully saturated rings. The van der Waals surface area contributed by atoms with Gasteiger partial charge in [-0.3, -0.25) is 9.59 Å². The lowest BCUT2D eigenvalue weighted by Gasteiger charge is -2.07. The molecule has 136 valence electrons. The number of hydrogen-bond donors (Lipinski definition) is 2. The molecular formula is C20H15Cl2N3O2. The van der Waals surface area contributed by atoms with Crippen molar-refractivity contribution in [1.29, 1.82) is 0 Å². The first-order chi connectivity index (χ1) is 12.9. The fourth-order valence-corrected chi connectivity index (χ4v) is 2.77. The maximum Gasteiger partial charge on any atom is 0.329 e. The van der Waals surface area contributed by atoms with Gasteiger partial charge in [-0.2, -0.15) is 5.10 Å². The summed E-state index contributed by atoms with van der Waals surface area (Å²) in [6, 6.07) is 18.3. The molecule has 0 saturated carbocycles. The van der Waals surface area contributed by atoms with E-state index in [2.05, 4.69) is 15.8 Å². The quantitative estimate of drug-likeness (QED) is 0.383. The molecule has 3 aromatic rings. The zero-order chi connectivity index (χ0) is 19.4. The molecule has 2 amide bonds. The largest absolute Gasteiger partial charge is 0.329 e. The zero-order valence-electron chi connectivity index (χ0n) is 14.3. The van der Waals surface area contributed by atoms with Crippen molar-refractivity contribution in [3.05, 3.63) is 76.3 Å². The van der Waals surface area contributed by atoms with Crippen LogP contribution in [0.25, 0.3) is 10.8 Å². The van der Waals surface area contributed by atoms with Crippen molar-refractivity contribution >= 4 is 57.2 Å². The Kier molecular flexibility index (Phi) is 5.74. The van der Waals surface area contributed by atoms with Gasteiger partial charge in [0, 0.05) is 5.02 Å². The SMILES string of the molecule is C/C(=N/NC(=O)C(=O)Nc1cc(Cl)ccc1Cl)c1ccc2ccccc2c1. The van der Waals surface area contributed by atoms with Crippen LogP contribution in [0.1, 0.15) is 12.5 Å². The minimum Gasteiger partial charge on any atom is -0.316 e. The molecule has 0 radical (unpaired) electrons. The van der Waals surface area contributed by atoms with E-state index in [1.54, 1.807) is 13.0 Å². The standard InChI is InChI=1S/C20H15Cl2N3O2/c1-12(14-7-6-13-4-2-3-5-15(13)10-14)24-25-20(27)19(26)23-18-11-16(21)8-9-17(18)22/h2-11H,1H3,(H,23,26)(H,25,27)/b24-12-. The van der Waals surface area contributed by atoms with Gasteiger partial charge >= 0.3 is 11.8 Å². The molecule has 7 heteroatoms. The van der Waals surface area contributed by atoms with Crippen molar-refractivity contribution in [2.75, 3.05) is 5.32 Å². The second-order valence-corrected chi connectivity index (χ2v) is 6.62. The van der Waals surface area contributed by atoms with Crippen LogP contribution in [0.4, 0.5) is 5.69 Å². The molecule has 0 saturated heterocycles. The van der Waals surface area contributed by atoms with E-state index in [0.717, 1.165) is 16.3 Å². The molecule has 0 aliphatic carbocycles. The monoisotopic (exact) mass is 399 g/mol. The van der Waals surface area contributed by atoms with Crippen molar-refractivity contribution in [2.24, 2.45) is 5.10 Å². The van der Waals surface area contributed by atoms with E-state index < -0.39 is 11.8 Å². The van der Waals surface area contributed by atoms with Crippen molar-refractivity contribution in [3.63, 3.8) is 0 Å². The summed E-state index contributed by atoms with van der Waals surface area (Å²) in [7, 11) is 0. The molecule has 0 atom stereocenters. The Labute approximate surface area is 166 Å². The van der Waals surface area contributed by atoms with Gasteiger partial charge in [-0.05, 0) is 47.5 Å². The highest BCUT2D eigenvalue weighted by atomic mass is 35.5. The molecule has 0 unspecified atom stereocenters. The molecule has 0 aromatic heterocycles. The van der Waals surface area contributed by atoms with Crippen LogP contribution >= 0.6 is 23.2 Å². The average Bonchev–Trinajstić information content (AvgIpc) is 2.68. The Morgan fingerprint density at radius 2 is 1.63 bits per heavy atom. The number of halogens is 2. The Morgan fingerprint density at radius 1 is 0.889 bits per heavy atom. The number of amides is 2. The van der Waals surface area contributed by atoms with Crippen LogP contribution in [-0.2, 0) is 9.59 Å². The average molecular weight is 400 g/mol. The Morgan fingerprint density at radius 3 is 2.41 bits per heavy atom. The molecule has 27 heavy (non-hydrogen) atoms. The van der Waals surface area contributed by atoms with Gasteiger partial charge in [0.25, 0.3) is 0 Å². The molecule has 3 aromatic carbocycles. The summed E-state index contributed by atoms with van der Waals surface area (Å²) >= 11 is 11.8. The van der Waals surface area contributed by atoms with E-state index in [0.29, 0.717) is 10.7 Å². The second-order valence-electron chi connectivity index (χ2n) is 5.78. The lowest BCUT2D eigenvalue weighted by molar-refractivity contribution is -0.136. The number of carbonyl (C=O) groups excluding carboxylic acids is 2. The van der Waals surface area contributed by atoms with Crippen molar-refractivity contribution in [2.45, 2.75) is 6.92 Å². The number of rotatable bonds is 3. The maximum absolute atomic E-state index is 12.0. The van der Waals surface area contributed by atoms with Crippen LogP contribution in [-0.4, -0.2) is 17.5 Å². The molecule has 3 rings (SSSR count). The zero-order valence-corrected chi connectivity index (χ0v) is 15.8. The van der Waals surface area contributed by atoms with Crippen LogP contribution in [0.15, 0.2) is 65.8 Å². The third-order valence-corrected chi connectivity index (χ3v) is 4.44. The third-order valence-electron chi connectivity index (χ3n) is 3.88. The smallest absolute Gasteiger partial charge is 0.316 e. The van der Waals surface area contributed by atoms with Crippen molar-refractivity contribution < 1.29 is 9.59 Å². The number of fused-ring (bicyclic) bond motifs is 1. The van der Waals surface area contributed by atoms with Crippen molar-refractivity contribution in [3.8, 4) is 0 Å². The number of nitrogens with zero attached hydrogens (tertiary/aromatic N) is 1. The van der Waals surface area contributed by atoms with E-state index in [-0.39, 0.29) is 10.7 Å². The first-order valence-corrected chi connectivity index (χ1v) is 8.79. The van der Waals surface area contributed by atoms with Crippen LogP contribution in [0.3, 0.4) is 0 Å². The second kappa shape index (κ2) is 8.20. The maximum atomic E-state index is 12.0. The molecule has 0 aliphatic rings. The number of anilines is 1. The highest BCUT2D eigenvalue weighted by Crippen LogP contribution is 2.25. The molecule has 5 nitrogen and oxygen atoms in total. The predicted molar refractivity (Wildman–Crippen MR) is 109 cm³/mol. The Bertz CT molecular complexity index is 1060. The number of nitrogens with one attached hydrogen (secondary N) is 2. The highest BCUT2D eigenvalue weighted by Gasteiger charge is 2.15. The topological polar surface area (TPSA) is 70.6 Å². The lowest BCUT2D eigenvalue weighted by atomic mass is 10.0. The molecule has 0 aliphatic heterocycles. The van der Waals surface area contributed by atoms with Crippen LogP contribution in [0.2, 0.25) is 10.0 Å². The molecule has 0 spiro atoms. The third kappa shape index (κ3) is 4.64. The summed E-state index contributed by atoms with van der Waals surface area (Å²) in [6.07, 6.45) is 0. The Hall–Kier alpha value is -2.89. The Balaban J connectivity index is 1.69. The summed E-state index contributed by atoms with van der Waals surface area (Å²) in [5.41, 5.74) is 3.91. The summed E-state index contributed by atoms with van der Waals surface area (Å²) in [5, 5.41) is 9.23. The predicted octanol–water partition coefficient (Wildman–Crippen LogP) is 4.63. The van der Waals surface area contributed by atoms with E-state index in [1.165, 1.54) is 12.1 Å². The van der Waals surface area contributed by atoms with Gasteiger partial charge < -0.3 is 5.32 Å². The van der Waals surface area contributed by atoms with Gasteiger partial charge in [0.2, 0.25) is 0 Å². The lowest BCUT2D eigenvalue weighted by Crippen LogP contribution is -2.33. The van der Waals surface area contributed by atoms with Gasteiger partial charge in [-0.1, -0.05) is 59.6 Å². The van der Waals surface area contributed by atoms with Crippen LogP contribution in [0.5, 0.6) is 0 Å². The summed E-state index contributed by atoms with van der Waals surface area (Å²) < 4.78 is 0. The highest BCUT2D eigenvalue weighted by molar-refractivity contribution is 6.42. The molecular weight excluding hydrogens is 385 g/mol. The van der Waals surface area contributed by atoms with Gasteiger partial charge in [0.05, 0.1) is 16.4 Å². The van der Waals surface area contributed by atoms with Crippen molar-refractivity contribution in [1.82, 2.24) is 5.43 Å². The molecule has 0 heterocycles. The van der Waals surface area contributed by atoms with E-state index in [9.17, 15) is 9.59 Å². The normalized spacial score (nSPS) is 11.3. The number of carbonyl (C=O) groups is 2. The summed E-state index contributed by atoms with van der Waals surface area (Å²) in [5.74, 6) is -1.81. The molecule has 2 N–H and O–H groups in total. The van der Waals surface area contributed by atoms with Gasteiger partial charge in [-0.15, -0.1) is 0 Å². The molecule has 0 bridgehead atoms. The van der Waals surface area contributed by atoms with Gasteiger partial charge in [-0.25, -0.2) is 5.43 Å². The number of hydrazone groups is 1. The van der Waals surface area contributed by atoms with E-state index in [4.69, 9.17) is 23.2 Å². The first-order valence-electron chi connectivity index (χ1n) is 8.04. The van der Waals surface area contributed by atoms with Gasteiger partial charge in [0.1, 0.15) is 0 Å². The van der Waals surface area contributed by atoms with E-state index in [1.807, 2.05) is 42.5 Å². The van der Waals surface area contributed by atoms with Crippen LogP contribution in [0, 0.1) is 0 Å². The summed E-state index contributed by atoms with van der Waals surface area (Å²) in [4.78, 5) is 24.0. The van der Waals surface area contributed by atoms with Crippen LogP contribution < -0.4 is 10.7 Å². The number of benzene rings is 3. The van der Waals surface area contributed by atoms with E-state index >= 15 is 0 Å². The fourth-order valence-electron chi connectivity index (χ4n) is 2.44. The number of hydrogen-bond acceptors (Lipinski definition) is 3. The fraction of sp³-hybridized carbons (Fsp3) is 0.0500.